The lowest BCUT2D eigenvalue weighted by Crippen LogP contribution is -2.49. The zero-order valence-corrected chi connectivity index (χ0v) is 13.6. The van der Waals surface area contributed by atoms with Crippen LogP contribution in [0.1, 0.15) is 17.6 Å². The smallest absolute Gasteiger partial charge is 0.240 e. The van der Waals surface area contributed by atoms with Gasteiger partial charge in [-0.1, -0.05) is 0 Å². The molecule has 22 heavy (non-hydrogen) atoms. The highest BCUT2D eigenvalue weighted by atomic mass is 32.1. The summed E-state index contributed by atoms with van der Waals surface area (Å²) in [5.41, 5.74) is 0.924. The fourth-order valence-corrected chi connectivity index (χ4v) is 3.35. The molecule has 0 aliphatic carbocycles. The van der Waals surface area contributed by atoms with Crippen LogP contribution in [0.25, 0.3) is 0 Å². The van der Waals surface area contributed by atoms with Gasteiger partial charge in [-0.2, -0.15) is 0 Å². The summed E-state index contributed by atoms with van der Waals surface area (Å²) >= 11 is 1.45. The zero-order chi connectivity index (χ0) is 15.5. The molecule has 7 nitrogen and oxygen atoms in total. The maximum Gasteiger partial charge on any atom is 0.240 e. The van der Waals surface area contributed by atoms with Gasteiger partial charge in [0.05, 0.1) is 18.3 Å². The van der Waals surface area contributed by atoms with Gasteiger partial charge in [0.1, 0.15) is 5.82 Å². The summed E-state index contributed by atoms with van der Waals surface area (Å²) in [5.74, 6) is 0.945. The number of rotatable bonds is 4. The molecular formula is C14H20N6OS. The largest absolute Gasteiger partial charge is 0.337 e. The van der Waals surface area contributed by atoms with E-state index < -0.39 is 0 Å². The molecule has 2 aromatic heterocycles. The van der Waals surface area contributed by atoms with Crippen LogP contribution in [0, 0.1) is 6.92 Å². The van der Waals surface area contributed by atoms with E-state index in [0.717, 1.165) is 31.2 Å². The SMILES string of the molecule is Cc1csc(NC(=O)CN2CCNCC2c2nccn2C)n1. The van der Waals surface area contributed by atoms with Crippen LogP contribution < -0.4 is 10.6 Å². The number of hydrogen-bond acceptors (Lipinski definition) is 6. The highest BCUT2D eigenvalue weighted by Gasteiger charge is 2.28. The number of aromatic nitrogens is 3. The molecule has 1 aliphatic heterocycles. The Bertz CT molecular complexity index is 651. The van der Waals surface area contributed by atoms with Gasteiger partial charge in [0, 0.05) is 44.5 Å². The molecule has 1 aliphatic rings. The molecule has 2 aromatic rings. The summed E-state index contributed by atoms with van der Waals surface area (Å²) < 4.78 is 2.01. The van der Waals surface area contributed by atoms with Crippen molar-refractivity contribution in [1.82, 2.24) is 24.8 Å². The first-order valence-electron chi connectivity index (χ1n) is 7.27. The monoisotopic (exact) mass is 320 g/mol. The number of thiazole rings is 1. The van der Waals surface area contributed by atoms with E-state index in [2.05, 4.69) is 25.5 Å². The van der Waals surface area contributed by atoms with Gasteiger partial charge in [-0.15, -0.1) is 11.3 Å². The van der Waals surface area contributed by atoms with Gasteiger partial charge in [-0.3, -0.25) is 9.69 Å². The van der Waals surface area contributed by atoms with Crippen molar-refractivity contribution >= 4 is 22.4 Å². The Kier molecular flexibility index (Phi) is 4.51. The Balaban J connectivity index is 1.66. The lowest BCUT2D eigenvalue weighted by atomic mass is 10.1. The normalized spacial score (nSPS) is 19.3. The van der Waals surface area contributed by atoms with E-state index in [9.17, 15) is 4.79 Å². The molecule has 3 rings (SSSR count). The lowest BCUT2D eigenvalue weighted by molar-refractivity contribution is -0.118. The molecule has 0 spiro atoms. The van der Waals surface area contributed by atoms with E-state index in [-0.39, 0.29) is 11.9 Å². The molecule has 1 fully saturated rings. The minimum absolute atomic E-state index is 0.0320. The van der Waals surface area contributed by atoms with Gasteiger partial charge in [0.25, 0.3) is 0 Å². The highest BCUT2D eigenvalue weighted by molar-refractivity contribution is 7.13. The quantitative estimate of drug-likeness (QED) is 0.870. The first kappa shape index (κ1) is 15.1. The number of nitrogens with one attached hydrogen (secondary N) is 2. The topological polar surface area (TPSA) is 75.1 Å². The average molecular weight is 320 g/mol. The molecule has 0 radical (unpaired) electrons. The number of nitrogens with zero attached hydrogens (tertiary/aromatic N) is 4. The second kappa shape index (κ2) is 6.55. The van der Waals surface area contributed by atoms with Crippen molar-refractivity contribution in [3.63, 3.8) is 0 Å². The van der Waals surface area contributed by atoms with Gasteiger partial charge < -0.3 is 15.2 Å². The van der Waals surface area contributed by atoms with Gasteiger partial charge in [0.2, 0.25) is 5.91 Å². The highest BCUT2D eigenvalue weighted by Crippen LogP contribution is 2.20. The Labute approximate surface area is 133 Å². The summed E-state index contributed by atoms with van der Waals surface area (Å²) in [6, 6.07) is 0.109. The number of hydrogen-bond donors (Lipinski definition) is 2. The van der Waals surface area contributed by atoms with Crippen LogP contribution in [-0.2, 0) is 11.8 Å². The Morgan fingerprint density at radius 3 is 3.14 bits per heavy atom. The Morgan fingerprint density at radius 2 is 2.45 bits per heavy atom. The summed E-state index contributed by atoms with van der Waals surface area (Å²) in [5, 5.41) is 8.83. The molecule has 0 bridgehead atoms. The van der Waals surface area contributed by atoms with Crippen molar-refractivity contribution in [2.45, 2.75) is 13.0 Å². The third kappa shape index (κ3) is 3.34. The molecule has 2 N–H and O–H groups in total. The summed E-state index contributed by atoms with van der Waals surface area (Å²) in [6.07, 6.45) is 3.72. The van der Waals surface area contributed by atoms with Crippen LogP contribution in [0.15, 0.2) is 17.8 Å². The first-order valence-corrected chi connectivity index (χ1v) is 8.15. The Morgan fingerprint density at radius 1 is 1.59 bits per heavy atom. The molecule has 3 heterocycles. The van der Waals surface area contributed by atoms with Gasteiger partial charge >= 0.3 is 0 Å². The molecule has 1 amide bonds. The number of carbonyl (C=O) groups excluding carboxylic acids is 1. The van der Waals surface area contributed by atoms with Crippen LogP contribution >= 0.6 is 11.3 Å². The van der Waals surface area contributed by atoms with Gasteiger partial charge in [-0.05, 0) is 6.92 Å². The third-order valence-electron chi connectivity index (χ3n) is 3.72. The van der Waals surface area contributed by atoms with E-state index in [1.807, 2.05) is 30.1 Å². The molecule has 8 heteroatoms. The predicted molar refractivity (Wildman–Crippen MR) is 85.9 cm³/mol. The van der Waals surface area contributed by atoms with E-state index in [4.69, 9.17) is 0 Å². The molecule has 0 saturated carbocycles. The van der Waals surface area contributed by atoms with Crippen LogP contribution in [0.5, 0.6) is 0 Å². The number of imidazole rings is 1. The first-order chi connectivity index (χ1) is 10.6. The summed E-state index contributed by atoms with van der Waals surface area (Å²) in [6.45, 7) is 4.76. The van der Waals surface area contributed by atoms with E-state index >= 15 is 0 Å². The fourth-order valence-electron chi connectivity index (χ4n) is 2.64. The summed E-state index contributed by atoms with van der Waals surface area (Å²) in [7, 11) is 1.98. The minimum Gasteiger partial charge on any atom is -0.337 e. The van der Waals surface area contributed by atoms with Crippen LogP contribution in [0.3, 0.4) is 0 Å². The fraction of sp³-hybridized carbons (Fsp3) is 0.500. The van der Waals surface area contributed by atoms with E-state index in [1.54, 1.807) is 6.20 Å². The maximum absolute atomic E-state index is 12.3. The number of carbonyl (C=O) groups is 1. The van der Waals surface area contributed by atoms with Crippen molar-refractivity contribution in [2.24, 2.45) is 7.05 Å². The van der Waals surface area contributed by atoms with Crippen molar-refractivity contribution < 1.29 is 4.79 Å². The lowest BCUT2D eigenvalue weighted by Gasteiger charge is -2.35. The molecule has 1 atom stereocenters. The van der Waals surface area contributed by atoms with Crippen molar-refractivity contribution in [2.75, 3.05) is 31.5 Å². The number of amides is 1. The second-order valence-electron chi connectivity index (χ2n) is 5.43. The van der Waals surface area contributed by atoms with Gasteiger partial charge in [0.15, 0.2) is 5.13 Å². The predicted octanol–water partition coefficient (Wildman–Crippen LogP) is 0.770. The van der Waals surface area contributed by atoms with Crippen molar-refractivity contribution in [1.29, 1.82) is 0 Å². The van der Waals surface area contributed by atoms with Crippen molar-refractivity contribution in [3.8, 4) is 0 Å². The maximum atomic E-state index is 12.3. The molecule has 1 unspecified atom stereocenters. The average Bonchev–Trinajstić information content (AvgIpc) is 3.08. The standard InChI is InChI=1S/C14H20N6OS/c1-10-9-22-14(17-10)18-12(21)8-20-6-3-15-7-11(20)13-16-4-5-19(13)2/h4-5,9,11,15H,3,6-8H2,1-2H3,(H,17,18,21). The minimum atomic E-state index is -0.0320. The second-order valence-corrected chi connectivity index (χ2v) is 6.29. The van der Waals surface area contributed by atoms with Crippen LogP contribution in [-0.4, -0.2) is 51.5 Å². The van der Waals surface area contributed by atoms with Crippen molar-refractivity contribution in [3.05, 3.63) is 29.3 Å². The van der Waals surface area contributed by atoms with Gasteiger partial charge in [-0.25, -0.2) is 9.97 Å². The molecular weight excluding hydrogens is 300 g/mol. The summed E-state index contributed by atoms with van der Waals surface area (Å²) in [4.78, 5) is 23.1. The zero-order valence-electron chi connectivity index (χ0n) is 12.7. The number of aryl methyl sites for hydroxylation is 2. The number of anilines is 1. The van der Waals surface area contributed by atoms with Crippen LogP contribution in [0.4, 0.5) is 5.13 Å². The molecule has 1 saturated heterocycles. The molecule has 118 valence electrons. The Hall–Kier alpha value is -1.77. The van der Waals surface area contributed by atoms with E-state index in [0.29, 0.717) is 11.7 Å². The van der Waals surface area contributed by atoms with Crippen LogP contribution in [0.2, 0.25) is 0 Å². The van der Waals surface area contributed by atoms with E-state index in [1.165, 1.54) is 11.3 Å². The third-order valence-corrected chi connectivity index (χ3v) is 4.60. The number of piperazine rings is 1. The molecule has 0 aromatic carbocycles.